The van der Waals surface area contributed by atoms with Crippen molar-refractivity contribution < 1.29 is 9.59 Å². The molecule has 152 valence electrons. The quantitative estimate of drug-likeness (QED) is 0.553. The van der Waals surface area contributed by atoms with Crippen molar-refractivity contribution >= 4 is 35.0 Å². The maximum Gasteiger partial charge on any atom is 0.255 e. The summed E-state index contributed by atoms with van der Waals surface area (Å²) in [7, 11) is 0. The number of nitrogens with zero attached hydrogens (tertiary/aromatic N) is 2. The Kier molecular flexibility index (Phi) is 5.64. The molecule has 30 heavy (non-hydrogen) atoms. The normalized spacial score (nSPS) is 16.8. The van der Waals surface area contributed by atoms with Gasteiger partial charge in [0, 0.05) is 16.3 Å². The molecule has 1 aliphatic rings. The summed E-state index contributed by atoms with van der Waals surface area (Å²) in [5.41, 5.74) is 4.45. The molecule has 1 aliphatic heterocycles. The van der Waals surface area contributed by atoms with E-state index in [4.69, 9.17) is 0 Å². The third-order valence-electron chi connectivity index (χ3n) is 5.65. The molecule has 0 radical (unpaired) electrons. The summed E-state index contributed by atoms with van der Waals surface area (Å²) in [6.45, 7) is 4.04. The number of para-hydroxylation sites is 1. The zero-order valence-electron chi connectivity index (χ0n) is 17.3. The summed E-state index contributed by atoms with van der Waals surface area (Å²) in [5.74, 6) is -0.190. The van der Waals surface area contributed by atoms with Crippen LogP contribution >= 0.6 is 11.8 Å². The Morgan fingerprint density at radius 3 is 2.23 bits per heavy atom. The second-order valence-corrected chi connectivity index (χ2v) is 8.30. The molecule has 2 amide bonds. The first-order chi connectivity index (χ1) is 14.5. The maximum absolute atomic E-state index is 13.8. The van der Waals surface area contributed by atoms with Crippen LogP contribution in [-0.4, -0.2) is 24.6 Å². The van der Waals surface area contributed by atoms with Gasteiger partial charge in [0.1, 0.15) is 12.6 Å². The van der Waals surface area contributed by atoms with E-state index in [2.05, 4.69) is 0 Å². The summed E-state index contributed by atoms with van der Waals surface area (Å²) in [6, 6.07) is 22.5. The maximum atomic E-state index is 13.8. The van der Waals surface area contributed by atoms with Gasteiger partial charge in [-0.15, -0.1) is 11.8 Å². The number of aryl methyl sites for hydroxylation is 1. The van der Waals surface area contributed by atoms with Crippen molar-refractivity contribution in [3.05, 3.63) is 89.5 Å². The lowest BCUT2D eigenvalue weighted by molar-refractivity contribution is -0.128. The Labute approximate surface area is 181 Å². The van der Waals surface area contributed by atoms with Crippen LogP contribution in [0.25, 0.3) is 0 Å². The highest BCUT2D eigenvalue weighted by Gasteiger charge is 2.42. The van der Waals surface area contributed by atoms with Gasteiger partial charge in [0.15, 0.2) is 0 Å². The molecular weight excluding hydrogens is 392 g/mol. The molecule has 4 rings (SSSR count). The number of carbonyl (C=O) groups excluding carboxylic acids is 2. The molecule has 0 unspecified atom stereocenters. The molecular formula is C25H24N2O2S. The van der Waals surface area contributed by atoms with E-state index in [1.165, 1.54) is 0 Å². The molecule has 5 heteroatoms. The minimum Gasteiger partial charge on any atom is -0.301 e. The van der Waals surface area contributed by atoms with E-state index in [0.717, 1.165) is 33.0 Å². The van der Waals surface area contributed by atoms with Gasteiger partial charge in [0.2, 0.25) is 5.91 Å². The second kappa shape index (κ2) is 8.36. The fourth-order valence-corrected chi connectivity index (χ4v) is 4.29. The molecule has 0 spiro atoms. The van der Waals surface area contributed by atoms with Gasteiger partial charge in [0.25, 0.3) is 5.91 Å². The Balaban J connectivity index is 1.83. The zero-order valence-corrected chi connectivity index (χ0v) is 18.1. The highest BCUT2D eigenvalue weighted by atomic mass is 32.2. The predicted molar refractivity (Wildman–Crippen MR) is 123 cm³/mol. The lowest BCUT2D eigenvalue weighted by atomic mass is 9.98. The number of hydrogen-bond acceptors (Lipinski definition) is 3. The lowest BCUT2D eigenvalue weighted by Gasteiger charge is -2.41. The van der Waals surface area contributed by atoms with Gasteiger partial charge < -0.3 is 4.90 Å². The van der Waals surface area contributed by atoms with Crippen LogP contribution in [0.3, 0.4) is 0 Å². The van der Waals surface area contributed by atoms with Crippen molar-refractivity contribution in [2.75, 3.05) is 22.6 Å². The summed E-state index contributed by atoms with van der Waals surface area (Å²) in [4.78, 5) is 31.5. The van der Waals surface area contributed by atoms with Gasteiger partial charge >= 0.3 is 0 Å². The number of piperazine rings is 1. The average Bonchev–Trinajstić information content (AvgIpc) is 2.77. The van der Waals surface area contributed by atoms with Gasteiger partial charge in [-0.25, -0.2) is 0 Å². The fraction of sp³-hybridized carbons (Fsp3) is 0.200. The SMILES string of the molecule is CSc1ccc([C@@H]2C(=O)N(c3cccc(C)c3C)CC(=O)N2c2ccccc2)cc1. The molecule has 0 aliphatic carbocycles. The predicted octanol–water partition coefficient (Wildman–Crippen LogP) is 5.15. The van der Waals surface area contributed by atoms with Crippen molar-refractivity contribution in [1.82, 2.24) is 0 Å². The first kappa shape index (κ1) is 20.2. The van der Waals surface area contributed by atoms with E-state index in [0.29, 0.717) is 0 Å². The Bertz CT molecular complexity index is 1080. The molecule has 3 aromatic carbocycles. The van der Waals surface area contributed by atoms with Crippen LogP contribution in [0, 0.1) is 13.8 Å². The Morgan fingerprint density at radius 2 is 1.57 bits per heavy atom. The molecule has 0 bridgehead atoms. The van der Waals surface area contributed by atoms with Gasteiger partial charge in [-0.3, -0.25) is 14.5 Å². The van der Waals surface area contributed by atoms with Crippen molar-refractivity contribution in [3.8, 4) is 0 Å². The minimum atomic E-state index is -0.704. The third kappa shape index (κ3) is 3.61. The monoisotopic (exact) mass is 416 g/mol. The Morgan fingerprint density at radius 1 is 0.867 bits per heavy atom. The van der Waals surface area contributed by atoms with Crippen molar-refractivity contribution in [2.24, 2.45) is 0 Å². The number of anilines is 2. The molecule has 1 saturated heterocycles. The average molecular weight is 417 g/mol. The summed E-state index contributed by atoms with van der Waals surface area (Å²) in [5, 5.41) is 0. The van der Waals surface area contributed by atoms with Crippen LogP contribution < -0.4 is 9.80 Å². The van der Waals surface area contributed by atoms with Crippen LogP contribution in [-0.2, 0) is 9.59 Å². The Hall–Kier alpha value is -3.05. The van der Waals surface area contributed by atoms with Crippen LogP contribution in [0.4, 0.5) is 11.4 Å². The van der Waals surface area contributed by atoms with Crippen LogP contribution in [0.15, 0.2) is 77.7 Å². The third-order valence-corrected chi connectivity index (χ3v) is 6.40. The summed E-state index contributed by atoms with van der Waals surface area (Å²) >= 11 is 1.65. The standard InChI is InChI=1S/C25H24N2O2S/c1-17-8-7-11-22(18(17)2)26-16-23(28)27(20-9-5-4-6-10-20)24(25(26)29)19-12-14-21(30-3)15-13-19/h4-15,24H,16H2,1-3H3/t24-/m1/s1. The molecule has 1 atom stereocenters. The van der Waals surface area contributed by atoms with Crippen LogP contribution in [0.1, 0.15) is 22.7 Å². The molecule has 1 heterocycles. The van der Waals surface area contributed by atoms with E-state index in [1.54, 1.807) is 21.6 Å². The topological polar surface area (TPSA) is 40.6 Å². The number of thioether (sulfide) groups is 1. The number of rotatable bonds is 4. The van der Waals surface area contributed by atoms with E-state index in [9.17, 15) is 9.59 Å². The van der Waals surface area contributed by atoms with Gasteiger partial charge in [-0.2, -0.15) is 0 Å². The molecule has 4 nitrogen and oxygen atoms in total. The lowest BCUT2D eigenvalue weighted by Crippen LogP contribution is -2.56. The smallest absolute Gasteiger partial charge is 0.255 e. The largest absolute Gasteiger partial charge is 0.301 e. The van der Waals surface area contributed by atoms with Crippen molar-refractivity contribution in [1.29, 1.82) is 0 Å². The molecule has 3 aromatic rings. The second-order valence-electron chi connectivity index (χ2n) is 7.42. The van der Waals surface area contributed by atoms with Crippen LogP contribution in [0.5, 0.6) is 0 Å². The van der Waals surface area contributed by atoms with Crippen molar-refractivity contribution in [2.45, 2.75) is 24.8 Å². The highest BCUT2D eigenvalue weighted by molar-refractivity contribution is 7.98. The minimum absolute atomic E-state index is 0.0252. The molecule has 0 N–H and O–H groups in total. The zero-order chi connectivity index (χ0) is 21.3. The summed E-state index contributed by atoms with van der Waals surface area (Å²) < 4.78 is 0. The van der Waals surface area contributed by atoms with Crippen LogP contribution in [0.2, 0.25) is 0 Å². The first-order valence-electron chi connectivity index (χ1n) is 9.90. The molecule has 0 aromatic heterocycles. The molecule has 0 saturated carbocycles. The van der Waals surface area contributed by atoms with Gasteiger partial charge in [-0.1, -0.05) is 42.5 Å². The van der Waals surface area contributed by atoms with Crippen molar-refractivity contribution in [3.63, 3.8) is 0 Å². The molecule has 1 fully saturated rings. The van der Waals surface area contributed by atoms with E-state index in [-0.39, 0.29) is 18.4 Å². The van der Waals surface area contributed by atoms with E-state index < -0.39 is 6.04 Å². The van der Waals surface area contributed by atoms with E-state index in [1.807, 2.05) is 92.9 Å². The fourth-order valence-electron chi connectivity index (χ4n) is 3.88. The summed E-state index contributed by atoms with van der Waals surface area (Å²) in [6.07, 6.45) is 2.02. The number of amides is 2. The number of hydrogen-bond donors (Lipinski definition) is 0. The first-order valence-corrected chi connectivity index (χ1v) is 11.1. The highest BCUT2D eigenvalue weighted by Crippen LogP contribution is 2.36. The number of carbonyl (C=O) groups is 2. The van der Waals surface area contributed by atoms with Gasteiger partial charge in [0.05, 0.1) is 0 Å². The van der Waals surface area contributed by atoms with Gasteiger partial charge in [-0.05, 0) is 67.1 Å². The van der Waals surface area contributed by atoms with E-state index >= 15 is 0 Å². The number of benzene rings is 3.